The molecule has 0 amide bonds. The number of hydrogen-bond acceptors (Lipinski definition) is 22. The molecule has 0 aromatic heterocycles. The van der Waals surface area contributed by atoms with Crippen LogP contribution in [0.2, 0.25) is 0 Å². The molecule has 0 radical (unpaired) electrons. The van der Waals surface area contributed by atoms with Gasteiger partial charge in [-0.3, -0.25) is 0 Å². The Kier molecular flexibility index (Phi) is 15.4. The second-order valence-electron chi connectivity index (χ2n) is 12.6. The summed E-state index contributed by atoms with van der Waals surface area (Å²) in [5, 5.41) is 134. The van der Waals surface area contributed by atoms with Gasteiger partial charge in [-0.05, 0) is 19.4 Å². The molecular formula is C28H47NO23. The van der Waals surface area contributed by atoms with Crippen LogP contribution in [0.25, 0.3) is 0 Å². The summed E-state index contributed by atoms with van der Waals surface area (Å²) in [6.45, 7) is -1.43. The van der Waals surface area contributed by atoms with E-state index in [-0.39, 0.29) is 6.61 Å². The van der Waals surface area contributed by atoms with Gasteiger partial charge in [0.1, 0.15) is 85.5 Å². The molecule has 20 atom stereocenters. The Labute approximate surface area is 293 Å². The second-order valence-corrected chi connectivity index (χ2v) is 12.6. The summed E-state index contributed by atoms with van der Waals surface area (Å²) >= 11 is 0. The summed E-state index contributed by atoms with van der Waals surface area (Å²) in [6.07, 6.45) is -38.5. The van der Waals surface area contributed by atoms with Gasteiger partial charge in [0, 0.05) is 6.61 Å². The molecule has 0 bridgehead atoms. The van der Waals surface area contributed by atoms with Crippen molar-refractivity contribution in [2.24, 2.45) is 5.73 Å². The second kappa shape index (κ2) is 18.7. The fourth-order valence-corrected chi connectivity index (χ4v) is 6.08. The summed E-state index contributed by atoms with van der Waals surface area (Å²) in [5.41, 5.74) is 5.44. The van der Waals surface area contributed by atoms with Gasteiger partial charge in [-0.15, -0.1) is 0 Å². The number of unbranched alkanes of at least 4 members (excludes halogenated alkanes) is 1. The van der Waals surface area contributed by atoms with E-state index in [4.69, 9.17) is 43.6 Å². The fourth-order valence-electron chi connectivity index (χ4n) is 6.08. The summed E-state index contributed by atoms with van der Waals surface area (Å²) in [4.78, 5) is 23.5. The van der Waals surface area contributed by atoms with Crippen molar-refractivity contribution >= 4 is 11.9 Å². The monoisotopic (exact) mass is 765 g/mol. The third-order valence-electron chi connectivity index (χ3n) is 9.00. The van der Waals surface area contributed by atoms with Gasteiger partial charge in [-0.25, -0.2) is 9.59 Å². The molecule has 4 rings (SSSR count). The van der Waals surface area contributed by atoms with Crippen LogP contribution < -0.4 is 5.73 Å². The molecule has 4 heterocycles. The van der Waals surface area contributed by atoms with Crippen LogP contribution >= 0.6 is 0 Å². The van der Waals surface area contributed by atoms with Crippen molar-refractivity contribution in [2.45, 2.75) is 136 Å². The number of rotatable bonds is 15. The molecule has 0 saturated carbocycles. The zero-order valence-corrected chi connectivity index (χ0v) is 27.3. The third kappa shape index (κ3) is 9.15. The molecule has 0 aromatic carbocycles. The standard InChI is InChI=1S/C28H47NO23/c29-3-1-2-4-45-25-14(37)11(34)18(7(5-30)46-25)49-28-17(40)20(16(39)22(52-28)24(43)44)50-26-15(38)12(35)19(8(6-31)47-26)48-27-13(36)9(32)10(33)21(51-27)23(41)42/h7-22,25-28,30-40H,1-6,29H2,(H,41,42)(H,43,44)/t7?,8?,9-,10-,11+,12+,13?,14?,15?,16-,17?,18+,19+,20-,21?,22?,25+,26-,27+,28+/m0/s1. The highest BCUT2D eigenvalue weighted by atomic mass is 16.8. The number of ether oxygens (including phenoxy) is 8. The molecule has 24 nitrogen and oxygen atoms in total. The third-order valence-corrected chi connectivity index (χ3v) is 9.00. The maximum Gasteiger partial charge on any atom is 0.335 e. The van der Waals surface area contributed by atoms with Crippen molar-refractivity contribution in [3.8, 4) is 0 Å². The van der Waals surface area contributed by atoms with E-state index in [9.17, 15) is 76.0 Å². The molecule has 4 aliphatic heterocycles. The van der Waals surface area contributed by atoms with Crippen molar-refractivity contribution in [1.29, 1.82) is 0 Å². The highest BCUT2D eigenvalue weighted by Gasteiger charge is 2.56. The van der Waals surface area contributed by atoms with Gasteiger partial charge in [0.2, 0.25) is 0 Å². The van der Waals surface area contributed by atoms with E-state index >= 15 is 0 Å². The van der Waals surface area contributed by atoms with Crippen molar-refractivity contribution in [2.75, 3.05) is 26.4 Å². The van der Waals surface area contributed by atoms with Crippen molar-refractivity contribution < 1.29 is 114 Å². The smallest absolute Gasteiger partial charge is 0.335 e. The minimum absolute atomic E-state index is 0.0690. The molecule has 0 aliphatic carbocycles. The van der Waals surface area contributed by atoms with Crippen LogP contribution in [-0.2, 0) is 47.5 Å². The fraction of sp³-hybridized carbons (Fsp3) is 0.929. The van der Waals surface area contributed by atoms with E-state index in [1.807, 2.05) is 0 Å². The molecular weight excluding hydrogens is 718 g/mol. The average molecular weight is 766 g/mol. The highest BCUT2D eigenvalue weighted by Crippen LogP contribution is 2.34. The first-order chi connectivity index (χ1) is 24.6. The number of carboxylic acid groups (broad SMARTS) is 2. The zero-order chi connectivity index (χ0) is 38.6. The Morgan fingerprint density at radius 2 is 0.923 bits per heavy atom. The Morgan fingerprint density at radius 1 is 0.500 bits per heavy atom. The number of aliphatic hydroxyl groups is 11. The lowest BCUT2D eigenvalue weighted by molar-refractivity contribution is -0.385. The number of aliphatic hydroxyl groups excluding tert-OH is 11. The van der Waals surface area contributed by atoms with Gasteiger partial charge in [-0.2, -0.15) is 0 Å². The first-order valence-corrected chi connectivity index (χ1v) is 16.3. The van der Waals surface area contributed by atoms with Gasteiger partial charge >= 0.3 is 11.9 Å². The Balaban J connectivity index is 1.48. The van der Waals surface area contributed by atoms with Gasteiger partial charge < -0.3 is 110 Å². The maximum atomic E-state index is 12.0. The number of hydrogen-bond donors (Lipinski definition) is 14. The van der Waals surface area contributed by atoms with Crippen LogP contribution in [0.5, 0.6) is 0 Å². The Bertz CT molecular complexity index is 1150. The normalized spacial score (nSPS) is 47.2. The van der Waals surface area contributed by atoms with Gasteiger partial charge in [0.15, 0.2) is 37.4 Å². The van der Waals surface area contributed by atoms with Crippen LogP contribution in [0, 0.1) is 0 Å². The van der Waals surface area contributed by atoms with Crippen molar-refractivity contribution in [3.63, 3.8) is 0 Å². The van der Waals surface area contributed by atoms with Gasteiger partial charge in [0.05, 0.1) is 13.2 Å². The summed E-state index contributed by atoms with van der Waals surface area (Å²) in [5.74, 6) is -3.56. The van der Waals surface area contributed by atoms with E-state index in [0.717, 1.165) is 0 Å². The number of carboxylic acids is 2. The van der Waals surface area contributed by atoms with E-state index in [0.29, 0.717) is 19.4 Å². The zero-order valence-electron chi connectivity index (χ0n) is 27.3. The minimum Gasteiger partial charge on any atom is -0.479 e. The van der Waals surface area contributed by atoms with Crippen LogP contribution in [0.4, 0.5) is 0 Å². The molecule has 24 heteroatoms. The van der Waals surface area contributed by atoms with Crippen molar-refractivity contribution in [3.05, 3.63) is 0 Å². The first-order valence-electron chi connectivity index (χ1n) is 16.3. The van der Waals surface area contributed by atoms with Crippen LogP contribution in [0.1, 0.15) is 12.8 Å². The molecule has 0 spiro atoms. The Morgan fingerprint density at radius 3 is 1.42 bits per heavy atom. The van der Waals surface area contributed by atoms with Crippen molar-refractivity contribution in [1.82, 2.24) is 0 Å². The molecule has 4 saturated heterocycles. The largest absolute Gasteiger partial charge is 0.479 e. The predicted octanol–water partition coefficient (Wildman–Crippen LogP) is -8.80. The maximum absolute atomic E-state index is 12.0. The molecule has 4 fully saturated rings. The van der Waals surface area contributed by atoms with Gasteiger partial charge in [-0.1, -0.05) is 0 Å². The highest BCUT2D eigenvalue weighted by molar-refractivity contribution is 5.73. The number of aliphatic carboxylic acids is 2. The van der Waals surface area contributed by atoms with E-state index in [1.165, 1.54) is 0 Å². The summed E-state index contributed by atoms with van der Waals surface area (Å²) < 4.78 is 43.1. The van der Waals surface area contributed by atoms with Gasteiger partial charge in [0.25, 0.3) is 0 Å². The molecule has 0 aromatic rings. The lowest BCUT2D eigenvalue weighted by atomic mass is 9.95. The minimum atomic E-state index is -2.24. The lowest BCUT2D eigenvalue weighted by Crippen LogP contribution is -2.68. The van der Waals surface area contributed by atoms with E-state index in [1.54, 1.807) is 0 Å². The SMILES string of the molecule is NCCCCO[C@@H]1OC(CO)[C@@H](O[C@@H]2OC(C(=O)O)[C@@H](O)[C@H](O[C@@H]3OC(CO)[C@@H](O[C@@H]4OC(C(=O)O)[C@@H](O)[C@H](O)C4O)[C@H](O)C3O)C2O)[C@H](O)C1O. The van der Waals surface area contributed by atoms with Crippen LogP contribution in [0.15, 0.2) is 0 Å². The predicted molar refractivity (Wildman–Crippen MR) is 157 cm³/mol. The molecule has 4 aliphatic rings. The average Bonchev–Trinajstić information content (AvgIpc) is 3.11. The van der Waals surface area contributed by atoms with Crippen LogP contribution in [0.3, 0.4) is 0 Å². The molecule has 302 valence electrons. The topological polar surface area (TPSA) is 397 Å². The molecule has 52 heavy (non-hydrogen) atoms. The Hall–Kier alpha value is -1.86. The van der Waals surface area contributed by atoms with Crippen LogP contribution in [-0.4, -0.2) is 228 Å². The number of carbonyl (C=O) groups is 2. The molecule has 15 N–H and O–H groups in total. The summed E-state index contributed by atoms with van der Waals surface area (Å²) in [6, 6.07) is 0. The summed E-state index contributed by atoms with van der Waals surface area (Å²) in [7, 11) is 0. The first kappa shape index (κ1) is 42.9. The lowest BCUT2D eigenvalue weighted by Gasteiger charge is -2.48. The number of nitrogens with two attached hydrogens (primary N) is 1. The van der Waals surface area contributed by atoms with E-state index < -0.39 is 148 Å². The van der Waals surface area contributed by atoms with E-state index in [2.05, 4.69) is 0 Å². The molecule has 8 unspecified atom stereocenters. The quantitative estimate of drug-likeness (QED) is 0.0688.